The van der Waals surface area contributed by atoms with Crippen molar-refractivity contribution in [1.82, 2.24) is 0 Å². The molecular weight excluding hydrogens is 1350 g/mol. The van der Waals surface area contributed by atoms with Crippen LogP contribution in [-0.2, 0) is 65.4 Å². The van der Waals surface area contributed by atoms with E-state index in [0.717, 1.165) is 89.9 Å². The number of ether oxygens (including phenoxy) is 4. The number of carbonyl (C=O) groups is 4. The minimum atomic E-state index is -4.96. The van der Waals surface area contributed by atoms with Crippen LogP contribution in [0.25, 0.3) is 0 Å². The molecule has 0 heterocycles. The number of phosphoric ester groups is 2. The van der Waals surface area contributed by atoms with Crippen molar-refractivity contribution >= 4 is 39.5 Å². The molecule has 0 saturated heterocycles. The Morgan fingerprint density at radius 2 is 0.385 bits per heavy atom. The zero-order valence-electron chi connectivity index (χ0n) is 68.0. The lowest BCUT2D eigenvalue weighted by atomic mass is 10.0. The molecule has 0 aromatic rings. The predicted octanol–water partition coefficient (Wildman–Crippen LogP) is 26.1. The maximum atomic E-state index is 13.1. The molecule has 0 aliphatic heterocycles. The Hall–Kier alpha value is -1.94. The fraction of sp³-hybridized carbons (Fsp3) is 0.953. The number of hydrogen-bond donors (Lipinski definition) is 3. The molecule has 0 aliphatic carbocycles. The van der Waals surface area contributed by atoms with Gasteiger partial charge in [-0.2, -0.15) is 0 Å². The minimum absolute atomic E-state index is 0.109. The van der Waals surface area contributed by atoms with E-state index in [4.69, 9.17) is 37.0 Å². The molecule has 0 aromatic carbocycles. The second-order valence-corrected chi connectivity index (χ2v) is 33.5. The molecular formula is C85H166O17P2. The second kappa shape index (κ2) is 79.2. The summed E-state index contributed by atoms with van der Waals surface area (Å²) in [5.41, 5.74) is 0. The van der Waals surface area contributed by atoms with Crippen molar-refractivity contribution < 1.29 is 80.2 Å². The number of rotatable bonds is 86. The molecule has 0 spiro atoms. The lowest BCUT2D eigenvalue weighted by Crippen LogP contribution is -2.30. The number of aliphatic hydroxyl groups is 1. The van der Waals surface area contributed by atoms with Crippen LogP contribution in [0, 0.1) is 0 Å². The van der Waals surface area contributed by atoms with Crippen molar-refractivity contribution in [2.24, 2.45) is 0 Å². The van der Waals surface area contributed by atoms with Gasteiger partial charge in [-0.1, -0.05) is 413 Å². The van der Waals surface area contributed by atoms with E-state index in [-0.39, 0.29) is 25.7 Å². The van der Waals surface area contributed by atoms with Gasteiger partial charge in [0.2, 0.25) is 0 Å². The summed E-state index contributed by atoms with van der Waals surface area (Å²) in [6.07, 6.45) is 73.6. The van der Waals surface area contributed by atoms with Crippen molar-refractivity contribution in [2.45, 2.75) is 483 Å². The minimum Gasteiger partial charge on any atom is -0.462 e. The molecule has 0 bridgehead atoms. The van der Waals surface area contributed by atoms with Crippen LogP contribution in [-0.4, -0.2) is 96.7 Å². The van der Waals surface area contributed by atoms with Gasteiger partial charge in [0.1, 0.15) is 19.3 Å². The molecule has 104 heavy (non-hydrogen) atoms. The van der Waals surface area contributed by atoms with E-state index in [2.05, 4.69) is 27.7 Å². The Morgan fingerprint density at radius 3 is 0.567 bits per heavy atom. The first-order valence-corrected chi connectivity index (χ1v) is 47.3. The Morgan fingerprint density at radius 1 is 0.231 bits per heavy atom. The number of carbonyl (C=O) groups excluding carboxylic acids is 4. The van der Waals surface area contributed by atoms with Crippen LogP contribution < -0.4 is 0 Å². The SMILES string of the molecule is CCCCCCCCCCCCCCCCCCCCCCC(=O)O[C@H](COC(=O)CCCCCCCCCCCCCCCCCCC)COP(=O)(O)OC[C@@H](O)COP(=O)(O)OC[C@@H](COC(=O)CCCCCCCCCCCC)OC(=O)CCCCCCCCCCCCCCCCCCC. The van der Waals surface area contributed by atoms with Crippen LogP contribution in [0.2, 0.25) is 0 Å². The highest BCUT2D eigenvalue weighted by molar-refractivity contribution is 7.47. The Labute approximate surface area is 638 Å². The van der Waals surface area contributed by atoms with Gasteiger partial charge < -0.3 is 33.8 Å². The van der Waals surface area contributed by atoms with Crippen LogP contribution >= 0.6 is 15.6 Å². The van der Waals surface area contributed by atoms with Crippen molar-refractivity contribution in [3.8, 4) is 0 Å². The fourth-order valence-electron chi connectivity index (χ4n) is 13.3. The highest BCUT2D eigenvalue weighted by Crippen LogP contribution is 2.45. The van der Waals surface area contributed by atoms with Gasteiger partial charge in [0.15, 0.2) is 12.2 Å². The highest BCUT2D eigenvalue weighted by Gasteiger charge is 2.30. The number of unbranched alkanes of at least 4 members (excludes halogenated alkanes) is 60. The molecule has 2 unspecified atom stereocenters. The van der Waals surface area contributed by atoms with Crippen LogP contribution in [0.15, 0.2) is 0 Å². The third-order valence-electron chi connectivity index (χ3n) is 20.1. The summed E-state index contributed by atoms with van der Waals surface area (Å²) in [5.74, 6) is -2.10. The van der Waals surface area contributed by atoms with E-state index < -0.39 is 97.5 Å². The predicted molar refractivity (Wildman–Crippen MR) is 428 cm³/mol. The van der Waals surface area contributed by atoms with E-state index in [1.807, 2.05) is 0 Å². The zero-order chi connectivity index (χ0) is 76.0. The molecule has 0 radical (unpaired) electrons. The smallest absolute Gasteiger partial charge is 0.462 e. The largest absolute Gasteiger partial charge is 0.472 e. The molecule has 0 aliphatic rings. The second-order valence-electron chi connectivity index (χ2n) is 30.6. The zero-order valence-corrected chi connectivity index (χ0v) is 69.8. The Kier molecular flexibility index (Phi) is 77.7. The van der Waals surface area contributed by atoms with Crippen LogP contribution in [0.4, 0.5) is 0 Å². The first kappa shape index (κ1) is 102. The molecule has 0 fully saturated rings. The van der Waals surface area contributed by atoms with Gasteiger partial charge in [0.05, 0.1) is 26.4 Å². The van der Waals surface area contributed by atoms with Crippen molar-refractivity contribution in [2.75, 3.05) is 39.6 Å². The molecule has 3 N–H and O–H groups in total. The number of phosphoric acid groups is 2. The van der Waals surface area contributed by atoms with E-state index in [0.29, 0.717) is 25.7 Å². The fourth-order valence-corrected chi connectivity index (χ4v) is 14.9. The third kappa shape index (κ3) is 78.2. The van der Waals surface area contributed by atoms with E-state index in [1.165, 1.54) is 295 Å². The Balaban J connectivity index is 5.22. The normalized spacial score (nSPS) is 13.7. The standard InChI is InChI=1S/C85H166O17P2/c1-5-9-13-17-21-25-29-32-35-38-39-40-43-46-49-52-56-60-64-68-72-85(90)102-81(76-96-83(88)70-66-62-58-54-50-47-44-41-36-33-30-26-22-18-14-10-6-2)78-100-104(93,94)98-74-79(86)73-97-103(91,92)99-77-80(75-95-82(87)69-65-61-57-53-28-24-20-16-12-8-4)101-84(89)71-67-63-59-55-51-48-45-42-37-34-31-27-23-19-15-11-7-3/h79-81,86H,5-78H2,1-4H3,(H,91,92)(H,93,94)/t79-,80+,81+/m0/s1. The average molecular weight is 1520 g/mol. The van der Waals surface area contributed by atoms with Crippen LogP contribution in [0.3, 0.4) is 0 Å². The molecule has 17 nitrogen and oxygen atoms in total. The van der Waals surface area contributed by atoms with E-state index >= 15 is 0 Å². The topological polar surface area (TPSA) is 237 Å². The van der Waals surface area contributed by atoms with Gasteiger partial charge >= 0.3 is 39.5 Å². The molecule has 618 valence electrons. The van der Waals surface area contributed by atoms with E-state index in [9.17, 15) is 43.2 Å². The summed E-state index contributed by atoms with van der Waals surface area (Å²) in [7, 11) is -9.92. The van der Waals surface area contributed by atoms with Crippen molar-refractivity contribution in [3.05, 3.63) is 0 Å². The lowest BCUT2D eigenvalue weighted by molar-refractivity contribution is -0.161. The summed E-state index contributed by atoms with van der Waals surface area (Å²) in [6.45, 7) is 5.05. The quantitative estimate of drug-likeness (QED) is 0.0222. The number of hydrogen-bond acceptors (Lipinski definition) is 15. The van der Waals surface area contributed by atoms with Gasteiger partial charge in [-0.3, -0.25) is 37.3 Å². The van der Waals surface area contributed by atoms with Crippen molar-refractivity contribution in [1.29, 1.82) is 0 Å². The average Bonchev–Trinajstić information content (AvgIpc) is 0.920. The summed E-state index contributed by atoms with van der Waals surface area (Å²) in [6, 6.07) is 0. The van der Waals surface area contributed by atoms with Gasteiger partial charge in [-0.05, 0) is 25.7 Å². The summed E-state index contributed by atoms with van der Waals surface area (Å²) in [5, 5.41) is 10.7. The monoisotopic (exact) mass is 1520 g/mol. The number of esters is 4. The molecule has 0 amide bonds. The van der Waals surface area contributed by atoms with Gasteiger partial charge in [0, 0.05) is 25.7 Å². The first-order valence-electron chi connectivity index (χ1n) is 44.3. The molecule has 19 heteroatoms. The highest BCUT2D eigenvalue weighted by atomic mass is 31.2. The molecule has 0 saturated carbocycles. The van der Waals surface area contributed by atoms with Gasteiger partial charge in [-0.15, -0.1) is 0 Å². The van der Waals surface area contributed by atoms with Gasteiger partial charge in [0.25, 0.3) is 0 Å². The van der Waals surface area contributed by atoms with Gasteiger partial charge in [-0.25, -0.2) is 9.13 Å². The third-order valence-corrected chi connectivity index (χ3v) is 22.0. The van der Waals surface area contributed by atoms with Crippen molar-refractivity contribution in [3.63, 3.8) is 0 Å². The molecule has 5 atom stereocenters. The maximum Gasteiger partial charge on any atom is 0.472 e. The summed E-state index contributed by atoms with van der Waals surface area (Å²) in [4.78, 5) is 73.2. The summed E-state index contributed by atoms with van der Waals surface area (Å²) < 4.78 is 68.9. The molecule has 0 aromatic heterocycles. The van der Waals surface area contributed by atoms with E-state index in [1.54, 1.807) is 0 Å². The lowest BCUT2D eigenvalue weighted by Gasteiger charge is -2.21. The summed E-state index contributed by atoms with van der Waals surface area (Å²) >= 11 is 0. The number of aliphatic hydroxyl groups excluding tert-OH is 1. The van der Waals surface area contributed by atoms with Crippen LogP contribution in [0.1, 0.15) is 464 Å². The molecule has 0 rings (SSSR count). The Bertz CT molecular complexity index is 1960. The maximum absolute atomic E-state index is 13.1. The first-order chi connectivity index (χ1) is 50.7. The van der Waals surface area contributed by atoms with Crippen LogP contribution in [0.5, 0.6) is 0 Å².